The van der Waals surface area contributed by atoms with Gasteiger partial charge in [0.1, 0.15) is 4.99 Å². The first-order valence-corrected chi connectivity index (χ1v) is 8.67. The summed E-state index contributed by atoms with van der Waals surface area (Å²) in [6, 6.07) is 11.7. The van der Waals surface area contributed by atoms with Gasteiger partial charge in [0.25, 0.3) is 10.0 Å². The second-order valence-corrected chi connectivity index (χ2v) is 7.46. The van der Waals surface area contributed by atoms with Crippen LogP contribution in [0.2, 0.25) is 0 Å². The molecular formula is C14H13BrN2O2S2. The number of anilines is 1. The van der Waals surface area contributed by atoms with E-state index in [-0.39, 0.29) is 9.88 Å². The van der Waals surface area contributed by atoms with Crippen LogP contribution < -0.4 is 10.5 Å². The van der Waals surface area contributed by atoms with E-state index in [0.717, 1.165) is 4.47 Å². The first-order valence-electron chi connectivity index (χ1n) is 5.98. The molecule has 0 heterocycles. The van der Waals surface area contributed by atoms with E-state index >= 15 is 0 Å². The molecule has 110 valence electrons. The van der Waals surface area contributed by atoms with Crippen molar-refractivity contribution < 1.29 is 8.42 Å². The summed E-state index contributed by atoms with van der Waals surface area (Å²) in [5, 5.41) is 0. The van der Waals surface area contributed by atoms with Crippen LogP contribution in [-0.4, -0.2) is 13.4 Å². The minimum absolute atomic E-state index is 0.162. The van der Waals surface area contributed by atoms with Crippen molar-refractivity contribution in [3.63, 3.8) is 0 Å². The fourth-order valence-corrected chi connectivity index (χ4v) is 3.49. The molecule has 0 aromatic heterocycles. The average Bonchev–Trinajstić information content (AvgIpc) is 2.41. The van der Waals surface area contributed by atoms with Gasteiger partial charge in [0.05, 0.1) is 4.90 Å². The minimum Gasteiger partial charge on any atom is -0.389 e. The number of nitrogens with one attached hydrogen (secondary N) is 1. The number of hydrogen-bond donors (Lipinski definition) is 2. The summed E-state index contributed by atoms with van der Waals surface area (Å²) in [7, 11) is -3.69. The van der Waals surface area contributed by atoms with Crippen LogP contribution in [0.25, 0.3) is 0 Å². The first kappa shape index (κ1) is 15.9. The SMILES string of the molecule is Cc1ccc(C(N)=S)cc1S(=O)(=O)Nc1ccc(Br)cc1. The molecule has 0 bridgehead atoms. The molecule has 0 aliphatic rings. The zero-order chi connectivity index (χ0) is 15.6. The van der Waals surface area contributed by atoms with E-state index < -0.39 is 10.0 Å². The largest absolute Gasteiger partial charge is 0.389 e. The van der Waals surface area contributed by atoms with Gasteiger partial charge in [-0.3, -0.25) is 4.72 Å². The Bertz CT molecular complexity index is 787. The highest BCUT2D eigenvalue weighted by molar-refractivity contribution is 9.10. The molecule has 7 heteroatoms. The average molecular weight is 385 g/mol. The molecule has 0 atom stereocenters. The van der Waals surface area contributed by atoms with E-state index in [0.29, 0.717) is 16.8 Å². The number of benzene rings is 2. The molecule has 0 spiro atoms. The Morgan fingerprint density at radius 3 is 2.38 bits per heavy atom. The number of halogens is 1. The van der Waals surface area contributed by atoms with Gasteiger partial charge in [-0.05, 0) is 42.8 Å². The molecule has 21 heavy (non-hydrogen) atoms. The Hall–Kier alpha value is -1.44. The van der Waals surface area contributed by atoms with Crippen LogP contribution in [-0.2, 0) is 10.0 Å². The number of aryl methyl sites for hydroxylation is 1. The summed E-state index contributed by atoms with van der Waals surface area (Å²) in [5.74, 6) is 0. The van der Waals surface area contributed by atoms with Gasteiger partial charge in [-0.1, -0.05) is 40.3 Å². The lowest BCUT2D eigenvalue weighted by atomic mass is 10.1. The van der Waals surface area contributed by atoms with Gasteiger partial charge in [0.2, 0.25) is 0 Å². The van der Waals surface area contributed by atoms with Crippen molar-refractivity contribution in [2.75, 3.05) is 4.72 Å². The molecule has 2 aromatic rings. The normalized spacial score (nSPS) is 11.1. The van der Waals surface area contributed by atoms with Crippen molar-refractivity contribution in [3.05, 3.63) is 58.1 Å². The van der Waals surface area contributed by atoms with E-state index in [2.05, 4.69) is 20.7 Å². The van der Waals surface area contributed by atoms with Crippen LogP contribution in [0.3, 0.4) is 0 Å². The van der Waals surface area contributed by atoms with E-state index in [1.54, 1.807) is 43.3 Å². The Morgan fingerprint density at radius 1 is 1.19 bits per heavy atom. The van der Waals surface area contributed by atoms with Gasteiger partial charge < -0.3 is 5.73 Å². The van der Waals surface area contributed by atoms with E-state index in [9.17, 15) is 8.42 Å². The standard InChI is InChI=1S/C14H13BrN2O2S2/c1-9-2-3-10(14(16)20)8-13(9)21(18,19)17-12-6-4-11(15)5-7-12/h2-8,17H,1H3,(H2,16,20). The van der Waals surface area contributed by atoms with Gasteiger partial charge in [0, 0.05) is 15.7 Å². The summed E-state index contributed by atoms with van der Waals surface area (Å²) in [5.41, 5.74) is 7.19. The van der Waals surface area contributed by atoms with Crippen LogP contribution in [0.5, 0.6) is 0 Å². The van der Waals surface area contributed by atoms with Gasteiger partial charge >= 0.3 is 0 Å². The summed E-state index contributed by atoms with van der Waals surface area (Å²) >= 11 is 8.19. The lowest BCUT2D eigenvalue weighted by molar-refractivity contribution is 0.600. The lowest BCUT2D eigenvalue weighted by Gasteiger charge is -2.11. The molecule has 0 amide bonds. The third kappa shape index (κ3) is 3.81. The molecule has 4 nitrogen and oxygen atoms in total. The number of hydrogen-bond acceptors (Lipinski definition) is 3. The summed E-state index contributed by atoms with van der Waals surface area (Å²) in [6.45, 7) is 1.72. The monoisotopic (exact) mass is 384 g/mol. The number of rotatable bonds is 4. The molecule has 3 N–H and O–H groups in total. The Kier molecular flexibility index (Phi) is 4.65. The highest BCUT2D eigenvalue weighted by Gasteiger charge is 2.18. The van der Waals surface area contributed by atoms with Crippen LogP contribution in [0.1, 0.15) is 11.1 Å². The second kappa shape index (κ2) is 6.13. The van der Waals surface area contributed by atoms with Crippen molar-refractivity contribution in [3.8, 4) is 0 Å². The maximum Gasteiger partial charge on any atom is 0.262 e. The van der Waals surface area contributed by atoms with Crippen molar-refractivity contribution in [1.29, 1.82) is 0 Å². The Balaban J connectivity index is 2.41. The number of thiocarbonyl (C=S) groups is 1. The second-order valence-electron chi connectivity index (χ2n) is 4.46. The molecule has 2 rings (SSSR count). The third-order valence-corrected chi connectivity index (χ3v) is 5.15. The van der Waals surface area contributed by atoms with Crippen LogP contribution in [0, 0.1) is 6.92 Å². The van der Waals surface area contributed by atoms with Crippen molar-refractivity contribution >= 4 is 48.8 Å². The maximum absolute atomic E-state index is 12.5. The molecule has 0 saturated heterocycles. The molecule has 0 fully saturated rings. The molecular weight excluding hydrogens is 372 g/mol. The van der Waals surface area contributed by atoms with Crippen molar-refractivity contribution in [1.82, 2.24) is 0 Å². The molecule has 0 saturated carbocycles. The fourth-order valence-electron chi connectivity index (χ4n) is 1.77. The van der Waals surface area contributed by atoms with Gasteiger partial charge in [-0.15, -0.1) is 0 Å². The van der Waals surface area contributed by atoms with E-state index in [1.165, 1.54) is 6.07 Å². The first-order chi connectivity index (χ1) is 9.79. The molecule has 0 unspecified atom stereocenters. The quantitative estimate of drug-likeness (QED) is 0.793. The topological polar surface area (TPSA) is 72.2 Å². The van der Waals surface area contributed by atoms with Crippen LogP contribution >= 0.6 is 28.1 Å². The summed E-state index contributed by atoms with van der Waals surface area (Å²) in [4.78, 5) is 0.325. The van der Waals surface area contributed by atoms with E-state index in [4.69, 9.17) is 18.0 Å². The van der Waals surface area contributed by atoms with Crippen LogP contribution in [0.15, 0.2) is 51.8 Å². The zero-order valence-corrected chi connectivity index (χ0v) is 14.3. The summed E-state index contributed by atoms with van der Waals surface area (Å²) < 4.78 is 28.4. The smallest absolute Gasteiger partial charge is 0.262 e. The number of sulfonamides is 1. The van der Waals surface area contributed by atoms with Crippen LogP contribution in [0.4, 0.5) is 5.69 Å². The lowest BCUT2D eigenvalue weighted by Crippen LogP contribution is -2.16. The maximum atomic E-state index is 12.5. The molecule has 0 radical (unpaired) electrons. The van der Waals surface area contributed by atoms with Gasteiger partial charge in [-0.25, -0.2) is 8.42 Å². The fraction of sp³-hybridized carbons (Fsp3) is 0.0714. The number of nitrogens with two attached hydrogens (primary N) is 1. The molecule has 0 aliphatic heterocycles. The van der Waals surface area contributed by atoms with Crippen molar-refractivity contribution in [2.45, 2.75) is 11.8 Å². The molecule has 0 aliphatic carbocycles. The third-order valence-electron chi connectivity index (χ3n) is 2.86. The predicted molar refractivity (Wildman–Crippen MR) is 92.0 cm³/mol. The van der Waals surface area contributed by atoms with Gasteiger partial charge in [0.15, 0.2) is 0 Å². The minimum atomic E-state index is -3.69. The van der Waals surface area contributed by atoms with E-state index in [1.807, 2.05) is 0 Å². The highest BCUT2D eigenvalue weighted by atomic mass is 79.9. The van der Waals surface area contributed by atoms with Gasteiger partial charge in [-0.2, -0.15) is 0 Å². The summed E-state index contributed by atoms with van der Waals surface area (Å²) in [6.07, 6.45) is 0. The highest BCUT2D eigenvalue weighted by Crippen LogP contribution is 2.22. The predicted octanol–water partition coefficient (Wildman–Crippen LogP) is 3.19. The Morgan fingerprint density at radius 2 is 1.81 bits per heavy atom. The van der Waals surface area contributed by atoms with Crippen molar-refractivity contribution in [2.24, 2.45) is 5.73 Å². The Labute approximate surface area is 137 Å². The zero-order valence-electron chi connectivity index (χ0n) is 11.1. The molecule has 2 aromatic carbocycles.